The third-order valence-electron chi connectivity index (χ3n) is 2.94. The number of halogens is 2. The topological polar surface area (TPSA) is 30.5 Å². The molecule has 0 aliphatic carbocycles. The van der Waals surface area contributed by atoms with Crippen LogP contribution in [0.2, 0.25) is 5.02 Å². The molecule has 5 heteroatoms. The van der Waals surface area contributed by atoms with Gasteiger partial charge in [0.2, 0.25) is 0 Å². The largest absolute Gasteiger partial charge is 0.493 e. The van der Waals surface area contributed by atoms with Crippen LogP contribution in [-0.2, 0) is 6.54 Å². The van der Waals surface area contributed by atoms with Crippen molar-refractivity contribution in [1.82, 2.24) is 0 Å². The lowest BCUT2D eigenvalue weighted by Gasteiger charge is -2.12. The molecule has 0 saturated carbocycles. The van der Waals surface area contributed by atoms with E-state index in [1.165, 1.54) is 12.1 Å². The minimum Gasteiger partial charge on any atom is -0.493 e. The van der Waals surface area contributed by atoms with Gasteiger partial charge in [0.1, 0.15) is 5.82 Å². The molecule has 0 spiro atoms. The molecule has 2 aromatic carbocycles. The number of hydrogen-bond acceptors (Lipinski definition) is 3. The van der Waals surface area contributed by atoms with Gasteiger partial charge in [0.25, 0.3) is 0 Å². The normalized spacial score (nSPS) is 10.3. The van der Waals surface area contributed by atoms with E-state index in [9.17, 15) is 4.39 Å². The molecule has 1 N–H and O–H groups in total. The lowest BCUT2D eigenvalue weighted by Crippen LogP contribution is -2.02. The van der Waals surface area contributed by atoms with Crippen molar-refractivity contribution in [3.8, 4) is 11.5 Å². The molecular formula is C16H17ClFNO2. The summed E-state index contributed by atoms with van der Waals surface area (Å²) in [6, 6.07) is 10.3. The third kappa shape index (κ3) is 4.02. The van der Waals surface area contributed by atoms with Crippen LogP contribution >= 0.6 is 11.6 Å². The zero-order chi connectivity index (χ0) is 15.2. The third-order valence-corrected chi connectivity index (χ3v) is 3.25. The van der Waals surface area contributed by atoms with E-state index in [0.717, 1.165) is 5.56 Å². The molecule has 0 fully saturated rings. The SMILES string of the molecule is CCOc1cc(CNc2ccc(Cl)c(F)c2)ccc1OC. The smallest absolute Gasteiger partial charge is 0.161 e. The van der Waals surface area contributed by atoms with Gasteiger partial charge in [-0.1, -0.05) is 17.7 Å². The summed E-state index contributed by atoms with van der Waals surface area (Å²) in [7, 11) is 1.60. The first-order chi connectivity index (χ1) is 10.1. The predicted molar refractivity (Wildman–Crippen MR) is 82.9 cm³/mol. The minimum absolute atomic E-state index is 0.114. The molecule has 0 unspecified atom stereocenters. The van der Waals surface area contributed by atoms with Gasteiger partial charge < -0.3 is 14.8 Å². The molecule has 0 aromatic heterocycles. The summed E-state index contributed by atoms with van der Waals surface area (Å²) in [6.45, 7) is 3.03. The fraction of sp³-hybridized carbons (Fsp3) is 0.250. The molecule has 21 heavy (non-hydrogen) atoms. The summed E-state index contributed by atoms with van der Waals surface area (Å²) in [5.41, 5.74) is 1.68. The number of nitrogens with one attached hydrogen (secondary N) is 1. The van der Waals surface area contributed by atoms with E-state index in [4.69, 9.17) is 21.1 Å². The number of benzene rings is 2. The summed E-state index contributed by atoms with van der Waals surface area (Å²) in [6.07, 6.45) is 0. The van der Waals surface area contributed by atoms with Crippen molar-refractivity contribution in [2.45, 2.75) is 13.5 Å². The van der Waals surface area contributed by atoms with Gasteiger partial charge in [-0.15, -0.1) is 0 Å². The Morgan fingerprint density at radius 2 is 1.95 bits per heavy atom. The van der Waals surface area contributed by atoms with Crippen LogP contribution in [0.1, 0.15) is 12.5 Å². The van der Waals surface area contributed by atoms with E-state index in [1.54, 1.807) is 13.2 Å². The van der Waals surface area contributed by atoms with Crippen molar-refractivity contribution in [3.63, 3.8) is 0 Å². The summed E-state index contributed by atoms with van der Waals surface area (Å²) < 4.78 is 24.1. The van der Waals surface area contributed by atoms with Crippen molar-refractivity contribution < 1.29 is 13.9 Å². The maximum absolute atomic E-state index is 13.4. The Hall–Kier alpha value is -1.94. The predicted octanol–water partition coefficient (Wildman–Crippen LogP) is 4.50. The van der Waals surface area contributed by atoms with Crippen molar-refractivity contribution >= 4 is 17.3 Å². The van der Waals surface area contributed by atoms with Crippen molar-refractivity contribution in [3.05, 3.63) is 52.8 Å². The number of anilines is 1. The van der Waals surface area contributed by atoms with Gasteiger partial charge in [0, 0.05) is 12.2 Å². The molecule has 2 aromatic rings. The second kappa shape index (κ2) is 7.18. The summed E-state index contributed by atoms with van der Waals surface area (Å²) in [5.74, 6) is 0.950. The first-order valence-electron chi connectivity index (χ1n) is 6.62. The van der Waals surface area contributed by atoms with Gasteiger partial charge in [0.05, 0.1) is 18.7 Å². The molecule has 0 aliphatic rings. The van der Waals surface area contributed by atoms with Crippen molar-refractivity contribution in [1.29, 1.82) is 0 Å². The highest BCUT2D eigenvalue weighted by molar-refractivity contribution is 6.30. The Bertz CT molecular complexity index is 619. The molecule has 0 atom stereocenters. The highest BCUT2D eigenvalue weighted by Crippen LogP contribution is 2.28. The number of ether oxygens (including phenoxy) is 2. The zero-order valence-corrected chi connectivity index (χ0v) is 12.7. The molecule has 0 saturated heterocycles. The molecule has 0 aliphatic heterocycles. The van der Waals surface area contributed by atoms with Gasteiger partial charge in [-0.25, -0.2) is 4.39 Å². The molecule has 0 radical (unpaired) electrons. The maximum Gasteiger partial charge on any atom is 0.161 e. The molecule has 112 valence electrons. The van der Waals surface area contributed by atoms with Gasteiger partial charge in [-0.3, -0.25) is 0 Å². The van der Waals surface area contributed by atoms with Gasteiger partial charge in [-0.2, -0.15) is 0 Å². The standard InChI is InChI=1S/C16H17ClFNO2/c1-3-21-16-8-11(4-7-15(16)20-2)10-19-12-5-6-13(17)14(18)9-12/h4-9,19H,3,10H2,1-2H3. The van der Waals surface area contributed by atoms with E-state index in [0.29, 0.717) is 30.3 Å². The first kappa shape index (κ1) is 15.4. The molecule has 0 bridgehead atoms. The van der Waals surface area contributed by atoms with Crippen LogP contribution in [0.4, 0.5) is 10.1 Å². The van der Waals surface area contributed by atoms with Crippen LogP contribution in [0, 0.1) is 5.82 Å². The highest BCUT2D eigenvalue weighted by atomic mass is 35.5. The fourth-order valence-electron chi connectivity index (χ4n) is 1.91. The van der Waals surface area contributed by atoms with E-state index < -0.39 is 5.82 Å². The zero-order valence-electron chi connectivity index (χ0n) is 12.0. The van der Waals surface area contributed by atoms with E-state index in [2.05, 4.69) is 5.32 Å². The monoisotopic (exact) mass is 309 g/mol. The highest BCUT2D eigenvalue weighted by Gasteiger charge is 2.06. The summed E-state index contributed by atoms with van der Waals surface area (Å²) in [4.78, 5) is 0. The first-order valence-corrected chi connectivity index (χ1v) is 7.00. The van der Waals surface area contributed by atoms with Crippen LogP contribution in [0.25, 0.3) is 0 Å². The van der Waals surface area contributed by atoms with Gasteiger partial charge >= 0.3 is 0 Å². The van der Waals surface area contributed by atoms with Crippen molar-refractivity contribution in [2.75, 3.05) is 19.0 Å². The van der Waals surface area contributed by atoms with Crippen LogP contribution in [0.5, 0.6) is 11.5 Å². The lowest BCUT2D eigenvalue weighted by molar-refractivity contribution is 0.310. The molecule has 3 nitrogen and oxygen atoms in total. The Balaban J connectivity index is 2.08. The van der Waals surface area contributed by atoms with Gasteiger partial charge in [0.15, 0.2) is 11.5 Å². The Labute approximate surface area is 128 Å². The molecule has 0 amide bonds. The second-order valence-corrected chi connectivity index (χ2v) is 4.81. The van der Waals surface area contributed by atoms with Crippen LogP contribution in [0.3, 0.4) is 0 Å². The summed E-state index contributed by atoms with van der Waals surface area (Å²) >= 11 is 5.65. The van der Waals surface area contributed by atoms with E-state index >= 15 is 0 Å². The Morgan fingerprint density at radius 3 is 2.62 bits per heavy atom. The van der Waals surface area contributed by atoms with E-state index in [1.807, 2.05) is 25.1 Å². The molecule has 0 heterocycles. The fourth-order valence-corrected chi connectivity index (χ4v) is 2.03. The van der Waals surface area contributed by atoms with E-state index in [-0.39, 0.29) is 5.02 Å². The van der Waals surface area contributed by atoms with Gasteiger partial charge in [-0.05, 0) is 42.8 Å². The van der Waals surface area contributed by atoms with Crippen LogP contribution in [0.15, 0.2) is 36.4 Å². The maximum atomic E-state index is 13.4. The lowest BCUT2D eigenvalue weighted by atomic mass is 10.2. The summed E-state index contributed by atoms with van der Waals surface area (Å²) in [5, 5.41) is 3.26. The minimum atomic E-state index is -0.439. The molecule has 2 rings (SSSR count). The number of methoxy groups -OCH3 is 1. The molecular weight excluding hydrogens is 293 g/mol. The van der Waals surface area contributed by atoms with Crippen LogP contribution < -0.4 is 14.8 Å². The van der Waals surface area contributed by atoms with Crippen LogP contribution in [-0.4, -0.2) is 13.7 Å². The second-order valence-electron chi connectivity index (χ2n) is 4.40. The average Bonchev–Trinajstić information content (AvgIpc) is 2.49. The Morgan fingerprint density at radius 1 is 1.14 bits per heavy atom. The average molecular weight is 310 g/mol. The number of rotatable bonds is 6. The van der Waals surface area contributed by atoms with Crippen molar-refractivity contribution in [2.24, 2.45) is 0 Å². The Kier molecular flexibility index (Phi) is 5.28. The quantitative estimate of drug-likeness (QED) is 0.852. The number of hydrogen-bond donors (Lipinski definition) is 1.